The van der Waals surface area contributed by atoms with E-state index >= 15 is 0 Å². The first-order valence-electron chi connectivity index (χ1n) is 33.7. The molecule has 8 unspecified atom stereocenters. The average Bonchev–Trinajstić information content (AvgIpc) is 3.50. The van der Waals surface area contributed by atoms with E-state index in [0.29, 0.717) is 12.8 Å². The van der Waals surface area contributed by atoms with Crippen LogP contribution < -0.4 is 5.32 Å². The van der Waals surface area contributed by atoms with Crippen molar-refractivity contribution >= 4 is 11.9 Å². The third-order valence-electron chi connectivity index (χ3n) is 15.7. The number of carbonyl (C=O) groups is 2. The number of amides is 1. The summed E-state index contributed by atoms with van der Waals surface area (Å²) in [4.78, 5) is 26.6. The van der Waals surface area contributed by atoms with Crippen molar-refractivity contribution in [2.24, 2.45) is 0 Å². The fraction of sp³-hybridized carbons (Fsp3) is 0.800. The van der Waals surface area contributed by atoms with E-state index in [0.717, 1.165) is 77.0 Å². The van der Waals surface area contributed by atoms with Gasteiger partial charge in [-0.05, 0) is 77.0 Å². The standard InChI is InChI=1S/C70H125NO10/c1-4-7-10-13-16-19-22-25-26-27-28-29-30-31-32-33-34-35-36-37-38-40-43-46-49-52-55-58-65(75)81-68-67(77)66(76)64(59-72)80-70(68)79-60-61(62(73)56-53-50-47-44-42-39-23-20-17-14-11-8-5-2)71-69(78)63(74)57-54-51-48-45-41-24-21-18-15-12-9-6-3/h9,12,15-16,18-19,21,24-26,53,56,61-64,66-68,70,72-74,76-77H,4-8,10-11,13-14,17,20,22-23,27-52,54-55,57-60H2,1-3H3,(H,71,78)/b12-9+,18-15+,19-16-,24-21-,26-25-,56-53+. The fourth-order valence-electron chi connectivity index (χ4n) is 10.3. The van der Waals surface area contributed by atoms with Crippen LogP contribution in [0.4, 0.5) is 0 Å². The van der Waals surface area contributed by atoms with Crippen molar-refractivity contribution in [2.75, 3.05) is 13.2 Å². The van der Waals surface area contributed by atoms with Crippen molar-refractivity contribution in [1.29, 1.82) is 0 Å². The molecule has 1 amide bonds. The van der Waals surface area contributed by atoms with Crippen molar-refractivity contribution in [3.8, 4) is 0 Å². The number of esters is 1. The molecule has 1 heterocycles. The average molecular weight is 1140 g/mol. The van der Waals surface area contributed by atoms with Crippen molar-refractivity contribution in [1.82, 2.24) is 5.32 Å². The van der Waals surface area contributed by atoms with Crippen LogP contribution in [0.5, 0.6) is 0 Å². The van der Waals surface area contributed by atoms with E-state index in [2.05, 4.69) is 62.5 Å². The van der Waals surface area contributed by atoms with Crippen LogP contribution in [0, 0.1) is 0 Å². The molecule has 0 bridgehead atoms. The number of ether oxygens (including phenoxy) is 3. The van der Waals surface area contributed by atoms with Crippen LogP contribution >= 0.6 is 0 Å². The molecule has 0 spiro atoms. The second-order valence-electron chi connectivity index (χ2n) is 23.2. The molecular formula is C70H125NO10. The smallest absolute Gasteiger partial charge is 0.306 e. The molecule has 1 rings (SSSR count). The van der Waals surface area contributed by atoms with Crippen LogP contribution in [0.25, 0.3) is 0 Å². The van der Waals surface area contributed by atoms with Gasteiger partial charge in [-0.1, -0.05) is 286 Å². The fourth-order valence-corrected chi connectivity index (χ4v) is 10.3. The van der Waals surface area contributed by atoms with Gasteiger partial charge in [0.25, 0.3) is 0 Å². The number of unbranched alkanes of at least 4 members (excludes halogenated alkanes) is 35. The minimum absolute atomic E-state index is 0.121. The molecule has 11 nitrogen and oxygen atoms in total. The van der Waals surface area contributed by atoms with Gasteiger partial charge >= 0.3 is 5.97 Å². The number of nitrogens with one attached hydrogen (secondary N) is 1. The Morgan fingerprint density at radius 1 is 0.506 bits per heavy atom. The number of aliphatic hydroxyl groups is 5. The summed E-state index contributed by atoms with van der Waals surface area (Å²) < 4.78 is 17.7. The summed E-state index contributed by atoms with van der Waals surface area (Å²) in [7, 11) is 0. The molecule has 0 radical (unpaired) electrons. The van der Waals surface area contributed by atoms with Gasteiger partial charge in [-0.3, -0.25) is 9.59 Å². The number of carbonyl (C=O) groups excluding carboxylic acids is 2. The molecule has 1 fully saturated rings. The van der Waals surface area contributed by atoms with Crippen LogP contribution in [-0.4, -0.2) is 99.6 Å². The van der Waals surface area contributed by atoms with Crippen molar-refractivity contribution < 1.29 is 49.3 Å². The van der Waals surface area contributed by atoms with Crippen LogP contribution in [-0.2, 0) is 23.8 Å². The zero-order chi connectivity index (χ0) is 58.9. The predicted molar refractivity (Wildman–Crippen MR) is 338 cm³/mol. The maximum absolute atomic E-state index is 13.4. The summed E-state index contributed by atoms with van der Waals surface area (Å²) in [5, 5.41) is 57.0. The van der Waals surface area contributed by atoms with E-state index in [1.54, 1.807) is 6.08 Å². The Labute approximate surface area is 496 Å². The maximum atomic E-state index is 13.4. The Balaban J connectivity index is 2.54. The summed E-state index contributed by atoms with van der Waals surface area (Å²) in [5.41, 5.74) is 0. The quantitative estimate of drug-likeness (QED) is 0.0149. The monoisotopic (exact) mass is 1140 g/mol. The lowest BCUT2D eigenvalue weighted by atomic mass is 9.99. The topological polar surface area (TPSA) is 175 Å². The number of rotatable bonds is 57. The predicted octanol–water partition coefficient (Wildman–Crippen LogP) is 16.7. The number of allylic oxidation sites excluding steroid dienone is 11. The Kier molecular flexibility index (Phi) is 54.1. The van der Waals surface area contributed by atoms with Gasteiger partial charge in [-0.25, -0.2) is 0 Å². The van der Waals surface area contributed by atoms with E-state index in [-0.39, 0.29) is 19.4 Å². The molecule has 0 aromatic heterocycles. The van der Waals surface area contributed by atoms with Gasteiger partial charge in [-0.2, -0.15) is 0 Å². The molecule has 0 aromatic carbocycles. The number of hydrogen-bond donors (Lipinski definition) is 6. The molecule has 1 aliphatic rings. The second kappa shape index (κ2) is 57.5. The molecule has 6 N–H and O–H groups in total. The van der Waals surface area contributed by atoms with E-state index in [4.69, 9.17) is 14.2 Å². The molecular weight excluding hydrogens is 1010 g/mol. The van der Waals surface area contributed by atoms with Gasteiger partial charge in [0, 0.05) is 6.42 Å². The van der Waals surface area contributed by atoms with E-state index in [9.17, 15) is 35.1 Å². The third-order valence-corrected chi connectivity index (χ3v) is 15.7. The van der Waals surface area contributed by atoms with Gasteiger partial charge in [0.15, 0.2) is 12.4 Å². The third kappa shape index (κ3) is 45.2. The minimum Gasteiger partial charge on any atom is -0.454 e. The van der Waals surface area contributed by atoms with E-state index in [1.165, 1.54) is 173 Å². The normalized spacial score (nSPS) is 19.1. The first kappa shape index (κ1) is 76.1. The Bertz CT molecular complexity index is 1590. The Hall–Kier alpha value is -2.90. The zero-order valence-electron chi connectivity index (χ0n) is 52.1. The molecule has 0 aliphatic carbocycles. The lowest BCUT2D eigenvalue weighted by molar-refractivity contribution is -0.305. The lowest BCUT2D eigenvalue weighted by Crippen LogP contribution is -2.61. The summed E-state index contributed by atoms with van der Waals surface area (Å²) >= 11 is 0. The van der Waals surface area contributed by atoms with Crippen LogP contribution in [0.2, 0.25) is 0 Å². The molecule has 8 atom stereocenters. The SMILES string of the molecule is CC/C=C/C=C/C=C\CCCCCCC(O)C(=O)NC(COC1OC(CO)C(O)C(O)C1OC(=O)CCCCCCCCCCCCCCCCCCC/C=C\C/C=C\CCCCC)C(O)/C=C/CCCCCCCCCCCCC. The highest BCUT2D eigenvalue weighted by atomic mass is 16.7. The number of aliphatic hydroxyl groups excluding tert-OH is 5. The van der Waals surface area contributed by atoms with Gasteiger partial charge < -0.3 is 45.1 Å². The van der Waals surface area contributed by atoms with Gasteiger partial charge in [0.2, 0.25) is 5.91 Å². The second-order valence-corrected chi connectivity index (χ2v) is 23.2. The summed E-state index contributed by atoms with van der Waals surface area (Å²) in [6, 6.07) is -1.04. The van der Waals surface area contributed by atoms with Gasteiger partial charge in [0.1, 0.15) is 24.4 Å². The van der Waals surface area contributed by atoms with E-state index in [1.807, 2.05) is 30.4 Å². The van der Waals surface area contributed by atoms with Gasteiger partial charge in [0.05, 0.1) is 25.4 Å². The lowest BCUT2D eigenvalue weighted by Gasteiger charge is -2.41. The Morgan fingerprint density at radius 3 is 1.44 bits per heavy atom. The first-order valence-corrected chi connectivity index (χ1v) is 33.7. The minimum atomic E-state index is -1.62. The molecule has 81 heavy (non-hydrogen) atoms. The summed E-state index contributed by atoms with van der Waals surface area (Å²) in [5.74, 6) is -1.21. The van der Waals surface area contributed by atoms with E-state index < -0.39 is 67.4 Å². The van der Waals surface area contributed by atoms with Crippen molar-refractivity contribution in [3.05, 3.63) is 72.9 Å². The molecule has 1 aliphatic heterocycles. The van der Waals surface area contributed by atoms with Crippen LogP contribution in [0.1, 0.15) is 297 Å². The van der Waals surface area contributed by atoms with Crippen LogP contribution in [0.3, 0.4) is 0 Å². The first-order chi connectivity index (χ1) is 39.7. The summed E-state index contributed by atoms with van der Waals surface area (Å²) in [6.07, 6.45) is 63.9. The number of hydrogen-bond acceptors (Lipinski definition) is 10. The van der Waals surface area contributed by atoms with Crippen molar-refractivity contribution in [3.63, 3.8) is 0 Å². The largest absolute Gasteiger partial charge is 0.454 e. The van der Waals surface area contributed by atoms with Crippen molar-refractivity contribution in [2.45, 2.75) is 346 Å². The molecule has 1 saturated heterocycles. The molecule has 0 aromatic rings. The zero-order valence-corrected chi connectivity index (χ0v) is 52.1. The highest BCUT2D eigenvalue weighted by molar-refractivity contribution is 5.80. The molecule has 0 saturated carbocycles. The Morgan fingerprint density at radius 2 is 0.938 bits per heavy atom. The van der Waals surface area contributed by atoms with Crippen LogP contribution in [0.15, 0.2) is 72.9 Å². The highest BCUT2D eigenvalue weighted by Crippen LogP contribution is 2.26. The van der Waals surface area contributed by atoms with Gasteiger partial charge in [-0.15, -0.1) is 0 Å². The molecule has 470 valence electrons. The molecule has 11 heteroatoms. The summed E-state index contributed by atoms with van der Waals surface area (Å²) in [6.45, 7) is 5.63. The highest BCUT2D eigenvalue weighted by Gasteiger charge is 2.47. The maximum Gasteiger partial charge on any atom is 0.306 e.